The number of nitrogens with zero attached hydrogens (tertiary/aromatic N) is 1. The van der Waals surface area contributed by atoms with E-state index in [2.05, 4.69) is 42.2 Å². The highest BCUT2D eigenvalue weighted by Crippen LogP contribution is 2.37. The molecule has 0 aromatic heterocycles. The number of hydrogen-bond acceptors (Lipinski definition) is 4. The van der Waals surface area contributed by atoms with Crippen molar-refractivity contribution >= 4 is 66.7 Å². The third kappa shape index (κ3) is 5.09. The fourth-order valence-electron chi connectivity index (χ4n) is 2.33. The van der Waals surface area contributed by atoms with E-state index in [9.17, 15) is 14.0 Å². The predicted octanol–water partition coefficient (Wildman–Crippen LogP) is 5.04. The standard InChI is InChI=1S/C19H13Br2FN2O3S/c1-10(25)23-19-24-18(26)16(28-19)8-11-6-13(20)17(14(21)7-11)27-9-12-4-2-3-5-15(12)22/h2-8H,9H2,1H3,(H,23,24,25,26)/b16-8+. The maximum Gasteiger partial charge on any atom is 0.286 e. The normalized spacial score (nSPS) is 14.9. The molecule has 0 fully saturated rings. The molecule has 2 aromatic rings. The van der Waals surface area contributed by atoms with Crippen molar-refractivity contribution in [1.29, 1.82) is 0 Å². The smallest absolute Gasteiger partial charge is 0.286 e. The van der Waals surface area contributed by atoms with Gasteiger partial charge in [-0.2, -0.15) is 4.99 Å². The summed E-state index contributed by atoms with van der Waals surface area (Å²) in [6, 6.07) is 9.96. The van der Waals surface area contributed by atoms with Gasteiger partial charge < -0.3 is 10.1 Å². The lowest BCUT2D eigenvalue weighted by Gasteiger charge is -2.12. The van der Waals surface area contributed by atoms with Gasteiger partial charge in [-0.3, -0.25) is 9.59 Å². The van der Waals surface area contributed by atoms with Crippen LogP contribution in [0.4, 0.5) is 4.39 Å². The first-order chi connectivity index (χ1) is 13.3. The molecule has 0 atom stereocenters. The van der Waals surface area contributed by atoms with Gasteiger partial charge in [-0.05, 0) is 73.5 Å². The van der Waals surface area contributed by atoms with Crippen LogP contribution in [0.3, 0.4) is 0 Å². The second-order valence-corrected chi connectivity index (χ2v) is 8.45. The van der Waals surface area contributed by atoms with Crippen LogP contribution in [0.2, 0.25) is 0 Å². The molecule has 0 unspecified atom stereocenters. The lowest BCUT2D eigenvalue weighted by Crippen LogP contribution is -2.23. The van der Waals surface area contributed by atoms with Crippen molar-refractivity contribution in [2.24, 2.45) is 4.99 Å². The van der Waals surface area contributed by atoms with Crippen molar-refractivity contribution in [2.75, 3.05) is 0 Å². The summed E-state index contributed by atoms with van der Waals surface area (Å²) in [6.45, 7) is 1.43. The number of rotatable bonds is 4. The van der Waals surface area contributed by atoms with Crippen molar-refractivity contribution < 1.29 is 18.7 Å². The maximum atomic E-state index is 13.7. The quantitative estimate of drug-likeness (QED) is 0.566. The molecule has 1 heterocycles. The molecular formula is C19H13Br2FN2O3S. The van der Waals surface area contributed by atoms with Crippen molar-refractivity contribution in [3.05, 3.63) is 67.2 Å². The van der Waals surface area contributed by atoms with Gasteiger partial charge in [-0.1, -0.05) is 18.2 Å². The summed E-state index contributed by atoms with van der Waals surface area (Å²) < 4.78 is 20.8. The molecule has 2 amide bonds. The number of benzene rings is 2. The molecule has 144 valence electrons. The number of hydrogen-bond donors (Lipinski definition) is 1. The lowest BCUT2D eigenvalue weighted by atomic mass is 10.2. The van der Waals surface area contributed by atoms with Crippen LogP contribution in [0.15, 0.2) is 55.2 Å². The van der Waals surface area contributed by atoms with Crippen LogP contribution in [0.25, 0.3) is 6.08 Å². The van der Waals surface area contributed by atoms with E-state index >= 15 is 0 Å². The number of thioether (sulfide) groups is 1. The Morgan fingerprint density at radius 2 is 1.96 bits per heavy atom. The van der Waals surface area contributed by atoms with Crippen molar-refractivity contribution in [3.8, 4) is 5.75 Å². The Morgan fingerprint density at radius 1 is 1.29 bits per heavy atom. The van der Waals surface area contributed by atoms with E-state index in [4.69, 9.17) is 4.74 Å². The summed E-state index contributed by atoms with van der Waals surface area (Å²) in [5.74, 6) is -0.517. The van der Waals surface area contributed by atoms with E-state index < -0.39 is 5.91 Å². The molecule has 1 aliphatic heterocycles. The third-order valence-electron chi connectivity index (χ3n) is 3.55. The number of aliphatic imine (C=N–C) groups is 1. The fourth-order valence-corrected chi connectivity index (χ4v) is 4.64. The number of carbonyl (C=O) groups is 2. The van der Waals surface area contributed by atoms with Gasteiger partial charge in [-0.15, -0.1) is 0 Å². The zero-order valence-electron chi connectivity index (χ0n) is 14.5. The Hall–Kier alpha value is -1.97. The zero-order valence-corrected chi connectivity index (χ0v) is 18.5. The number of halogens is 3. The van der Waals surface area contributed by atoms with E-state index in [0.29, 0.717) is 25.2 Å². The molecule has 5 nitrogen and oxygen atoms in total. The van der Waals surface area contributed by atoms with E-state index in [-0.39, 0.29) is 23.5 Å². The van der Waals surface area contributed by atoms with Crippen molar-refractivity contribution in [1.82, 2.24) is 5.32 Å². The summed E-state index contributed by atoms with van der Waals surface area (Å²) in [7, 11) is 0. The van der Waals surface area contributed by atoms with Crippen LogP contribution in [0.5, 0.6) is 5.75 Å². The molecule has 1 aliphatic rings. The van der Waals surface area contributed by atoms with Crippen LogP contribution >= 0.6 is 43.6 Å². The molecule has 28 heavy (non-hydrogen) atoms. The van der Waals surface area contributed by atoms with Crippen LogP contribution in [-0.2, 0) is 16.2 Å². The van der Waals surface area contributed by atoms with Gasteiger partial charge in [0.1, 0.15) is 18.2 Å². The van der Waals surface area contributed by atoms with Crippen molar-refractivity contribution in [2.45, 2.75) is 13.5 Å². The minimum atomic E-state index is -0.416. The Bertz CT molecular complexity index is 1000. The SMILES string of the molecule is CC(=O)NC1=NC(=O)/C(=C\c2cc(Br)c(OCc3ccccc3F)c(Br)c2)S1. The van der Waals surface area contributed by atoms with Gasteiger partial charge in [0, 0.05) is 12.5 Å². The van der Waals surface area contributed by atoms with E-state index in [1.807, 2.05) is 0 Å². The minimum Gasteiger partial charge on any atom is -0.486 e. The first-order valence-electron chi connectivity index (χ1n) is 7.99. The number of amidine groups is 1. The van der Waals surface area contributed by atoms with Crippen LogP contribution < -0.4 is 10.1 Å². The average Bonchev–Trinajstić information content (AvgIpc) is 2.94. The minimum absolute atomic E-state index is 0.0760. The monoisotopic (exact) mass is 526 g/mol. The van der Waals surface area contributed by atoms with E-state index in [1.165, 1.54) is 13.0 Å². The summed E-state index contributed by atoms with van der Waals surface area (Å²) >= 11 is 7.98. The zero-order chi connectivity index (χ0) is 20.3. The summed E-state index contributed by atoms with van der Waals surface area (Å²) in [4.78, 5) is 27.3. The molecule has 9 heteroatoms. The molecule has 0 aliphatic carbocycles. The second-order valence-electron chi connectivity index (χ2n) is 5.71. The Kier molecular flexibility index (Phi) is 6.69. The maximum absolute atomic E-state index is 13.7. The number of carbonyl (C=O) groups excluding carboxylic acids is 2. The molecular weight excluding hydrogens is 515 g/mol. The van der Waals surface area contributed by atoms with Crippen LogP contribution in [-0.4, -0.2) is 17.0 Å². The highest BCUT2D eigenvalue weighted by molar-refractivity contribution is 9.11. The number of nitrogens with one attached hydrogen (secondary N) is 1. The van der Waals surface area contributed by atoms with Crippen molar-refractivity contribution in [3.63, 3.8) is 0 Å². The number of amides is 2. The van der Waals surface area contributed by atoms with Crippen LogP contribution in [0.1, 0.15) is 18.1 Å². The summed E-state index contributed by atoms with van der Waals surface area (Å²) in [5.41, 5.74) is 1.18. The lowest BCUT2D eigenvalue weighted by molar-refractivity contribution is -0.117. The molecule has 2 aromatic carbocycles. The second kappa shape index (κ2) is 9.02. The third-order valence-corrected chi connectivity index (χ3v) is 5.63. The Balaban J connectivity index is 1.76. The summed E-state index contributed by atoms with van der Waals surface area (Å²) in [6.07, 6.45) is 1.67. The van der Waals surface area contributed by atoms with Crippen LogP contribution in [0, 0.1) is 5.82 Å². The van der Waals surface area contributed by atoms with Gasteiger partial charge in [0.15, 0.2) is 5.17 Å². The Labute approximate surface area is 181 Å². The summed E-state index contributed by atoms with van der Waals surface area (Å²) in [5, 5.41) is 2.76. The molecule has 0 saturated heterocycles. The van der Waals surface area contributed by atoms with E-state index in [1.54, 1.807) is 36.4 Å². The first kappa shape index (κ1) is 20.8. The molecule has 0 saturated carbocycles. The Morgan fingerprint density at radius 3 is 2.61 bits per heavy atom. The van der Waals surface area contributed by atoms with Gasteiger partial charge in [0.05, 0.1) is 13.9 Å². The van der Waals surface area contributed by atoms with E-state index in [0.717, 1.165) is 17.3 Å². The first-order valence-corrected chi connectivity index (χ1v) is 10.4. The molecule has 3 rings (SSSR count). The highest BCUT2D eigenvalue weighted by atomic mass is 79.9. The topological polar surface area (TPSA) is 67.8 Å². The van der Waals surface area contributed by atoms with Gasteiger partial charge >= 0.3 is 0 Å². The molecule has 1 N–H and O–H groups in total. The molecule has 0 bridgehead atoms. The predicted molar refractivity (Wildman–Crippen MR) is 114 cm³/mol. The molecule has 0 spiro atoms. The number of ether oxygens (including phenoxy) is 1. The largest absolute Gasteiger partial charge is 0.486 e. The molecule has 0 radical (unpaired) electrons. The van der Waals surface area contributed by atoms with Gasteiger partial charge in [0.25, 0.3) is 5.91 Å². The highest BCUT2D eigenvalue weighted by Gasteiger charge is 2.22. The fraction of sp³-hybridized carbons (Fsp3) is 0.105. The van der Waals surface area contributed by atoms with Gasteiger partial charge in [0.2, 0.25) is 5.91 Å². The van der Waals surface area contributed by atoms with Gasteiger partial charge in [-0.25, -0.2) is 4.39 Å². The average molecular weight is 528 g/mol.